The highest BCUT2D eigenvalue weighted by atomic mass is 35.5. The number of aromatic amines is 1. The highest BCUT2D eigenvalue weighted by Crippen LogP contribution is 2.34. The van der Waals surface area contributed by atoms with Gasteiger partial charge in [0, 0.05) is 34.6 Å². The maximum atomic E-state index is 12.6. The van der Waals surface area contributed by atoms with Gasteiger partial charge in [0.1, 0.15) is 5.76 Å². The monoisotopic (exact) mass is 378 g/mol. The summed E-state index contributed by atoms with van der Waals surface area (Å²) in [6.45, 7) is 2.20. The van der Waals surface area contributed by atoms with E-state index in [1.165, 1.54) is 6.26 Å². The molecular weight excluding hydrogens is 360 g/mol. The van der Waals surface area contributed by atoms with E-state index in [-0.39, 0.29) is 11.8 Å². The van der Waals surface area contributed by atoms with E-state index in [4.69, 9.17) is 16.0 Å². The number of para-hydroxylation sites is 1. The predicted molar refractivity (Wildman–Crippen MR) is 107 cm³/mol. The molecule has 0 aliphatic heterocycles. The van der Waals surface area contributed by atoms with Gasteiger partial charge in [-0.2, -0.15) is 0 Å². The summed E-state index contributed by atoms with van der Waals surface area (Å²) >= 11 is 6.49. The number of furan rings is 1. The zero-order valence-corrected chi connectivity index (χ0v) is 15.6. The number of hydrogen-bond donors (Lipinski definition) is 2. The fourth-order valence-corrected chi connectivity index (χ4v) is 3.71. The van der Waals surface area contributed by atoms with Gasteiger partial charge in [0.2, 0.25) is 0 Å². The van der Waals surface area contributed by atoms with E-state index in [1.807, 2.05) is 48.7 Å². The van der Waals surface area contributed by atoms with Gasteiger partial charge in [0.05, 0.1) is 11.8 Å². The Kier molecular flexibility index (Phi) is 4.73. The molecule has 5 heteroatoms. The van der Waals surface area contributed by atoms with E-state index < -0.39 is 0 Å². The highest BCUT2D eigenvalue weighted by molar-refractivity contribution is 6.31. The molecule has 0 fully saturated rings. The standard InChI is InChI=1S/C22H19ClN2O2/c1-14-15(10-11-27-14)22(26)25-13-18(16-6-2-4-8-20(16)23)19-12-24-21-9-5-3-7-17(19)21/h2-12,18,24H,13H2,1H3,(H,25,26). The van der Waals surface area contributed by atoms with Crippen molar-refractivity contribution in [2.24, 2.45) is 0 Å². The van der Waals surface area contributed by atoms with Crippen molar-refractivity contribution in [3.8, 4) is 0 Å². The fourth-order valence-electron chi connectivity index (χ4n) is 3.44. The topological polar surface area (TPSA) is 58.0 Å². The number of carbonyl (C=O) groups is 1. The SMILES string of the molecule is Cc1occc1C(=O)NCC(c1ccccc1Cl)c1c[nH]c2ccccc12. The molecule has 0 aliphatic rings. The number of hydrogen-bond acceptors (Lipinski definition) is 2. The van der Waals surface area contributed by atoms with Crippen LogP contribution in [0.25, 0.3) is 10.9 Å². The Morgan fingerprint density at radius 2 is 1.89 bits per heavy atom. The molecule has 2 aromatic carbocycles. The van der Waals surface area contributed by atoms with Gasteiger partial charge >= 0.3 is 0 Å². The third-order valence-electron chi connectivity index (χ3n) is 4.85. The Morgan fingerprint density at radius 3 is 2.67 bits per heavy atom. The molecule has 2 heterocycles. The molecule has 0 bridgehead atoms. The maximum Gasteiger partial charge on any atom is 0.254 e. The number of carbonyl (C=O) groups excluding carboxylic acids is 1. The molecule has 136 valence electrons. The van der Waals surface area contributed by atoms with Crippen molar-refractivity contribution < 1.29 is 9.21 Å². The molecule has 27 heavy (non-hydrogen) atoms. The van der Waals surface area contributed by atoms with E-state index >= 15 is 0 Å². The fraction of sp³-hybridized carbons (Fsp3) is 0.136. The van der Waals surface area contributed by atoms with Crippen LogP contribution in [0.2, 0.25) is 5.02 Å². The Morgan fingerprint density at radius 1 is 1.11 bits per heavy atom. The van der Waals surface area contributed by atoms with Crippen molar-refractivity contribution in [1.82, 2.24) is 10.3 Å². The summed E-state index contributed by atoms with van der Waals surface area (Å²) in [5.41, 5.74) is 3.68. The van der Waals surface area contributed by atoms with Crippen LogP contribution in [0.5, 0.6) is 0 Å². The Hall–Kier alpha value is -2.98. The maximum absolute atomic E-state index is 12.6. The third kappa shape index (κ3) is 3.36. The summed E-state index contributed by atoms with van der Waals surface area (Å²) in [5, 5.41) is 4.84. The lowest BCUT2D eigenvalue weighted by atomic mass is 9.90. The van der Waals surface area contributed by atoms with Gasteiger partial charge in [0.25, 0.3) is 5.91 Å². The number of benzene rings is 2. The zero-order valence-electron chi connectivity index (χ0n) is 14.8. The molecular formula is C22H19ClN2O2. The Labute approximate surface area is 162 Å². The minimum Gasteiger partial charge on any atom is -0.469 e. The predicted octanol–water partition coefficient (Wildman–Crippen LogP) is 5.28. The average molecular weight is 379 g/mol. The number of aromatic nitrogens is 1. The minimum absolute atomic E-state index is 0.0778. The number of H-pyrrole nitrogens is 1. The molecule has 1 unspecified atom stereocenters. The number of fused-ring (bicyclic) bond motifs is 1. The van der Waals surface area contributed by atoms with Gasteiger partial charge < -0.3 is 14.7 Å². The molecule has 0 saturated carbocycles. The van der Waals surface area contributed by atoms with Crippen LogP contribution < -0.4 is 5.32 Å². The zero-order chi connectivity index (χ0) is 18.8. The summed E-state index contributed by atoms with van der Waals surface area (Å²) in [6, 6.07) is 17.6. The largest absolute Gasteiger partial charge is 0.469 e. The molecule has 4 nitrogen and oxygen atoms in total. The minimum atomic E-state index is -0.154. The summed E-state index contributed by atoms with van der Waals surface area (Å²) in [7, 11) is 0. The molecule has 0 radical (unpaired) electrons. The first kappa shape index (κ1) is 17.4. The first-order valence-electron chi connectivity index (χ1n) is 8.78. The number of halogens is 1. The molecule has 0 spiro atoms. The Bertz CT molecular complexity index is 1100. The second-order valence-electron chi connectivity index (χ2n) is 6.46. The van der Waals surface area contributed by atoms with Crippen LogP contribution >= 0.6 is 11.6 Å². The second kappa shape index (κ2) is 7.33. The molecule has 2 aromatic heterocycles. The number of nitrogens with one attached hydrogen (secondary N) is 2. The molecule has 2 N–H and O–H groups in total. The van der Waals surface area contributed by atoms with Gasteiger partial charge in [-0.05, 0) is 36.2 Å². The van der Waals surface area contributed by atoms with Gasteiger partial charge in [0.15, 0.2) is 0 Å². The van der Waals surface area contributed by atoms with Gasteiger partial charge in [-0.1, -0.05) is 48.0 Å². The Balaban J connectivity index is 1.70. The van der Waals surface area contributed by atoms with Crippen molar-refractivity contribution >= 4 is 28.4 Å². The van der Waals surface area contributed by atoms with Crippen molar-refractivity contribution in [2.75, 3.05) is 6.54 Å². The second-order valence-corrected chi connectivity index (χ2v) is 6.87. The lowest BCUT2D eigenvalue weighted by Crippen LogP contribution is -2.29. The number of amides is 1. The lowest BCUT2D eigenvalue weighted by molar-refractivity contribution is 0.0951. The van der Waals surface area contributed by atoms with E-state index in [2.05, 4.69) is 16.4 Å². The number of aryl methyl sites for hydroxylation is 1. The average Bonchev–Trinajstić information content (AvgIpc) is 3.30. The molecule has 0 saturated heterocycles. The van der Waals surface area contributed by atoms with Crippen LogP contribution in [0.15, 0.2) is 71.5 Å². The van der Waals surface area contributed by atoms with Crippen LogP contribution in [0.1, 0.15) is 33.2 Å². The van der Waals surface area contributed by atoms with E-state index in [9.17, 15) is 4.79 Å². The van der Waals surface area contributed by atoms with Crippen molar-refractivity contribution in [1.29, 1.82) is 0 Å². The summed E-state index contributed by atoms with van der Waals surface area (Å²) in [6.07, 6.45) is 3.52. The third-order valence-corrected chi connectivity index (χ3v) is 5.19. The molecule has 0 aliphatic carbocycles. The van der Waals surface area contributed by atoms with E-state index in [0.717, 1.165) is 22.0 Å². The van der Waals surface area contributed by atoms with Gasteiger partial charge in [-0.25, -0.2) is 0 Å². The van der Waals surface area contributed by atoms with E-state index in [0.29, 0.717) is 22.9 Å². The summed E-state index contributed by atoms with van der Waals surface area (Å²) < 4.78 is 5.24. The molecule has 1 amide bonds. The first-order chi connectivity index (χ1) is 13.1. The van der Waals surface area contributed by atoms with Crippen LogP contribution in [0.3, 0.4) is 0 Å². The van der Waals surface area contributed by atoms with Crippen molar-refractivity contribution in [2.45, 2.75) is 12.8 Å². The van der Waals surface area contributed by atoms with Crippen molar-refractivity contribution in [3.63, 3.8) is 0 Å². The summed E-state index contributed by atoms with van der Waals surface area (Å²) in [4.78, 5) is 15.9. The smallest absolute Gasteiger partial charge is 0.254 e. The van der Waals surface area contributed by atoms with Crippen LogP contribution in [-0.2, 0) is 0 Å². The van der Waals surface area contributed by atoms with Crippen LogP contribution in [0, 0.1) is 6.92 Å². The van der Waals surface area contributed by atoms with Crippen LogP contribution in [0.4, 0.5) is 0 Å². The van der Waals surface area contributed by atoms with Gasteiger partial charge in [-0.3, -0.25) is 4.79 Å². The molecule has 4 aromatic rings. The normalized spacial score (nSPS) is 12.2. The van der Waals surface area contributed by atoms with E-state index in [1.54, 1.807) is 13.0 Å². The van der Waals surface area contributed by atoms with Crippen molar-refractivity contribution in [3.05, 3.63) is 94.5 Å². The van der Waals surface area contributed by atoms with Gasteiger partial charge in [-0.15, -0.1) is 0 Å². The lowest BCUT2D eigenvalue weighted by Gasteiger charge is -2.19. The number of rotatable bonds is 5. The van der Waals surface area contributed by atoms with Crippen LogP contribution in [-0.4, -0.2) is 17.4 Å². The first-order valence-corrected chi connectivity index (χ1v) is 9.15. The highest BCUT2D eigenvalue weighted by Gasteiger charge is 2.22. The molecule has 1 atom stereocenters. The summed E-state index contributed by atoms with van der Waals surface area (Å²) in [5.74, 6) is 0.373. The molecule has 4 rings (SSSR count). The quantitative estimate of drug-likeness (QED) is 0.496.